The second kappa shape index (κ2) is 7.98. The molecule has 0 radical (unpaired) electrons. The SMILES string of the molecule is CC(C)(C)N(C(=O)c1cccc([N+](=O)[O-])c1)C1CC(=O)N(c2ccc(Br)cc2)C1=O. The zero-order valence-electron chi connectivity index (χ0n) is 16.7. The summed E-state index contributed by atoms with van der Waals surface area (Å²) in [5.74, 6) is -1.46. The summed E-state index contributed by atoms with van der Waals surface area (Å²) in [6, 6.07) is 11.1. The van der Waals surface area contributed by atoms with Gasteiger partial charge in [-0.15, -0.1) is 0 Å². The van der Waals surface area contributed by atoms with Crippen molar-refractivity contribution in [1.29, 1.82) is 0 Å². The molecular weight excluding hydrogens is 454 g/mol. The van der Waals surface area contributed by atoms with Crippen LogP contribution in [0.25, 0.3) is 0 Å². The van der Waals surface area contributed by atoms with E-state index in [-0.39, 0.29) is 17.7 Å². The van der Waals surface area contributed by atoms with E-state index in [1.165, 1.54) is 29.2 Å². The molecule has 9 heteroatoms. The molecule has 3 amide bonds. The molecule has 1 aliphatic heterocycles. The lowest BCUT2D eigenvalue weighted by Crippen LogP contribution is -2.54. The summed E-state index contributed by atoms with van der Waals surface area (Å²) in [6.07, 6.45) is -0.160. The van der Waals surface area contributed by atoms with E-state index in [0.29, 0.717) is 5.69 Å². The van der Waals surface area contributed by atoms with Crippen LogP contribution in [0.2, 0.25) is 0 Å². The molecule has 1 heterocycles. The van der Waals surface area contributed by atoms with E-state index >= 15 is 0 Å². The van der Waals surface area contributed by atoms with Gasteiger partial charge in [0.15, 0.2) is 0 Å². The van der Waals surface area contributed by atoms with E-state index < -0.39 is 34.2 Å². The van der Waals surface area contributed by atoms with Crippen LogP contribution in [-0.4, -0.2) is 39.1 Å². The Balaban J connectivity index is 1.98. The van der Waals surface area contributed by atoms with Crippen molar-refractivity contribution in [1.82, 2.24) is 4.90 Å². The van der Waals surface area contributed by atoms with Gasteiger partial charge in [0.2, 0.25) is 5.91 Å². The number of benzene rings is 2. The highest BCUT2D eigenvalue weighted by Crippen LogP contribution is 2.31. The number of nitro groups is 1. The number of imide groups is 1. The van der Waals surface area contributed by atoms with E-state index in [2.05, 4.69) is 15.9 Å². The van der Waals surface area contributed by atoms with Crippen LogP contribution in [0.15, 0.2) is 53.0 Å². The van der Waals surface area contributed by atoms with Crippen molar-refractivity contribution in [2.24, 2.45) is 0 Å². The third-order valence-corrected chi connectivity index (χ3v) is 5.29. The summed E-state index contributed by atoms with van der Waals surface area (Å²) in [5.41, 5.74) is -0.522. The van der Waals surface area contributed by atoms with Crippen molar-refractivity contribution in [3.8, 4) is 0 Å². The van der Waals surface area contributed by atoms with Crippen LogP contribution < -0.4 is 4.90 Å². The summed E-state index contributed by atoms with van der Waals surface area (Å²) in [5, 5.41) is 11.1. The molecular formula is C21H20BrN3O5. The number of anilines is 1. The predicted molar refractivity (Wildman–Crippen MR) is 114 cm³/mol. The van der Waals surface area contributed by atoms with Gasteiger partial charge in [-0.05, 0) is 51.1 Å². The standard InChI is InChI=1S/C21H20BrN3O5/c1-21(2,3)24(19(27)13-5-4-6-16(11-13)25(29)30)17-12-18(26)23(20(17)28)15-9-7-14(22)8-10-15/h4-11,17H,12H2,1-3H3. The fourth-order valence-corrected chi connectivity index (χ4v) is 3.75. The highest BCUT2D eigenvalue weighted by atomic mass is 79.9. The molecule has 1 fully saturated rings. The fraction of sp³-hybridized carbons (Fsp3) is 0.286. The molecule has 0 spiro atoms. The van der Waals surface area contributed by atoms with Gasteiger partial charge in [0.1, 0.15) is 6.04 Å². The van der Waals surface area contributed by atoms with Gasteiger partial charge in [-0.25, -0.2) is 4.90 Å². The molecule has 2 aromatic carbocycles. The molecule has 3 rings (SSSR count). The number of halogens is 1. The Morgan fingerprint density at radius 2 is 1.80 bits per heavy atom. The molecule has 156 valence electrons. The maximum atomic E-state index is 13.3. The van der Waals surface area contributed by atoms with Gasteiger partial charge in [-0.3, -0.25) is 24.5 Å². The first-order chi connectivity index (χ1) is 14.0. The quantitative estimate of drug-likeness (QED) is 0.380. The number of carbonyl (C=O) groups excluding carboxylic acids is 3. The monoisotopic (exact) mass is 473 g/mol. The van der Waals surface area contributed by atoms with Gasteiger partial charge < -0.3 is 4.90 Å². The van der Waals surface area contributed by atoms with Gasteiger partial charge in [0, 0.05) is 27.7 Å². The summed E-state index contributed by atoms with van der Waals surface area (Å²) < 4.78 is 0.805. The first-order valence-electron chi connectivity index (χ1n) is 9.21. The number of non-ortho nitro benzene ring substituents is 1. The van der Waals surface area contributed by atoms with Crippen LogP contribution in [0, 0.1) is 10.1 Å². The maximum Gasteiger partial charge on any atom is 0.270 e. The van der Waals surface area contributed by atoms with Crippen LogP contribution in [0.1, 0.15) is 37.6 Å². The van der Waals surface area contributed by atoms with Crippen molar-refractivity contribution < 1.29 is 19.3 Å². The zero-order valence-corrected chi connectivity index (χ0v) is 18.3. The number of carbonyl (C=O) groups is 3. The number of nitro benzene ring substituents is 1. The van der Waals surface area contributed by atoms with Gasteiger partial charge in [0.05, 0.1) is 17.0 Å². The van der Waals surface area contributed by atoms with Gasteiger partial charge >= 0.3 is 0 Å². The van der Waals surface area contributed by atoms with E-state index in [9.17, 15) is 24.5 Å². The molecule has 0 aromatic heterocycles. The van der Waals surface area contributed by atoms with Crippen LogP contribution in [0.4, 0.5) is 11.4 Å². The zero-order chi connectivity index (χ0) is 22.2. The smallest absolute Gasteiger partial charge is 0.270 e. The molecule has 1 aliphatic rings. The summed E-state index contributed by atoms with van der Waals surface area (Å²) in [6.45, 7) is 5.26. The lowest BCUT2D eigenvalue weighted by atomic mass is 9.99. The lowest BCUT2D eigenvalue weighted by Gasteiger charge is -2.39. The van der Waals surface area contributed by atoms with Crippen molar-refractivity contribution in [2.45, 2.75) is 38.8 Å². The number of rotatable bonds is 4. The minimum absolute atomic E-state index is 0.0847. The van der Waals surface area contributed by atoms with Crippen molar-refractivity contribution in [2.75, 3.05) is 4.90 Å². The van der Waals surface area contributed by atoms with E-state index in [4.69, 9.17) is 0 Å². The van der Waals surface area contributed by atoms with Crippen LogP contribution in [-0.2, 0) is 9.59 Å². The van der Waals surface area contributed by atoms with Crippen molar-refractivity contribution in [3.05, 3.63) is 68.7 Å². The maximum absolute atomic E-state index is 13.3. The Labute approximate surface area is 181 Å². The van der Waals surface area contributed by atoms with Crippen molar-refractivity contribution in [3.63, 3.8) is 0 Å². The molecule has 2 aromatic rings. The second-order valence-corrected chi connectivity index (χ2v) is 8.83. The fourth-order valence-electron chi connectivity index (χ4n) is 3.48. The normalized spacial score (nSPS) is 16.7. The molecule has 0 bridgehead atoms. The molecule has 0 saturated carbocycles. The first-order valence-corrected chi connectivity index (χ1v) is 10.0. The van der Waals surface area contributed by atoms with Crippen LogP contribution in [0.3, 0.4) is 0 Å². The number of nitrogens with zero attached hydrogens (tertiary/aromatic N) is 3. The molecule has 1 unspecified atom stereocenters. The Morgan fingerprint density at radius 3 is 2.37 bits per heavy atom. The molecule has 8 nitrogen and oxygen atoms in total. The third kappa shape index (κ3) is 4.11. The Hall–Kier alpha value is -3.07. The summed E-state index contributed by atoms with van der Waals surface area (Å²) in [4.78, 5) is 52.1. The van der Waals surface area contributed by atoms with E-state index in [1.54, 1.807) is 45.0 Å². The molecule has 1 atom stereocenters. The average Bonchev–Trinajstić information content (AvgIpc) is 2.95. The van der Waals surface area contributed by atoms with Crippen LogP contribution >= 0.6 is 15.9 Å². The average molecular weight is 474 g/mol. The Kier molecular flexibility index (Phi) is 5.76. The molecule has 0 N–H and O–H groups in total. The number of hydrogen-bond acceptors (Lipinski definition) is 5. The highest BCUT2D eigenvalue weighted by Gasteiger charge is 2.47. The lowest BCUT2D eigenvalue weighted by molar-refractivity contribution is -0.384. The number of hydrogen-bond donors (Lipinski definition) is 0. The highest BCUT2D eigenvalue weighted by molar-refractivity contribution is 9.10. The minimum Gasteiger partial charge on any atom is -0.321 e. The topological polar surface area (TPSA) is 101 Å². The Bertz CT molecular complexity index is 1030. The third-order valence-electron chi connectivity index (χ3n) is 4.76. The predicted octanol–water partition coefficient (Wildman–Crippen LogP) is 3.93. The largest absolute Gasteiger partial charge is 0.321 e. The molecule has 30 heavy (non-hydrogen) atoms. The van der Waals surface area contributed by atoms with Crippen molar-refractivity contribution >= 4 is 45.0 Å². The second-order valence-electron chi connectivity index (χ2n) is 7.92. The first kappa shape index (κ1) is 21.6. The number of amides is 3. The summed E-state index contributed by atoms with van der Waals surface area (Å²) >= 11 is 3.32. The Morgan fingerprint density at radius 1 is 1.17 bits per heavy atom. The molecule has 0 aliphatic carbocycles. The molecule has 1 saturated heterocycles. The van der Waals surface area contributed by atoms with E-state index in [1.807, 2.05) is 0 Å². The van der Waals surface area contributed by atoms with Gasteiger partial charge in [-0.2, -0.15) is 0 Å². The summed E-state index contributed by atoms with van der Waals surface area (Å²) in [7, 11) is 0. The van der Waals surface area contributed by atoms with E-state index in [0.717, 1.165) is 9.37 Å². The van der Waals surface area contributed by atoms with Gasteiger partial charge in [0.25, 0.3) is 17.5 Å². The minimum atomic E-state index is -1.01. The van der Waals surface area contributed by atoms with Crippen LogP contribution in [0.5, 0.6) is 0 Å². The van der Waals surface area contributed by atoms with Gasteiger partial charge in [-0.1, -0.05) is 22.0 Å².